The molecule has 0 aromatic heterocycles. The van der Waals surface area contributed by atoms with Crippen LogP contribution in [0.4, 0.5) is 0 Å². The van der Waals surface area contributed by atoms with Crippen LogP contribution in [-0.4, -0.2) is 0 Å². The van der Waals surface area contributed by atoms with Gasteiger partial charge < -0.3 is 0 Å². The Balaban J connectivity index is 1.18. The minimum atomic E-state index is 0.717. The van der Waals surface area contributed by atoms with Crippen molar-refractivity contribution >= 4 is 35.0 Å². The zero-order chi connectivity index (χ0) is 37.2. The first-order chi connectivity index (χ1) is 25.9. The number of halogens is 2. The number of hydrogen-bond acceptors (Lipinski definition) is 1. The van der Waals surface area contributed by atoms with Crippen molar-refractivity contribution < 1.29 is 0 Å². The molecular weight excluding hydrogens is 704 g/mol. The van der Waals surface area contributed by atoms with E-state index in [-0.39, 0.29) is 0 Å². The largest absolute Gasteiger partial charge is 0.0869 e. The highest BCUT2D eigenvalue weighted by atomic mass is 35.5. The van der Waals surface area contributed by atoms with Gasteiger partial charge in [0, 0.05) is 9.79 Å². The van der Waals surface area contributed by atoms with Gasteiger partial charge in [-0.05, 0) is 157 Å². The summed E-state index contributed by atoms with van der Waals surface area (Å²) in [6, 6.07) is 28.1. The van der Waals surface area contributed by atoms with E-state index >= 15 is 0 Å². The smallest absolute Gasteiger partial charge is 0.0583 e. The molecule has 0 spiro atoms. The van der Waals surface area contributed by atoms with E-state index in [0.717, 1.165) is 70.2 Å². The maximum Gasteiger partial charge on any atom is 0.0583 e. The molecule has 4 aromatic carbocycles. The summed E-state index contributed by atoms with van der Waals surface area (Å²) in [6.45, 7) is 9.17. The van der Waals surface area contributed by atoms with Crippen molar-refractivity contribution in [3.05, 3.63) is 127 Å². The Morgan fingerprint density at radius 3 is 1.19 bits per heavy atom. The predicted molar refractivity (Wildman–Crippen MR) is 233 cm³/mol. The van der Waals surface area contributed by atoms with E-state index in [1.54, 1.807) is 11.8 Å². The first kappa shape index (κ1) is 40.5. The highest BCUT2D eigenvalue weighted by molar-refractivity contribution is 7.99. The van der Waals surface area contributed by atoms with E-state index in [4.69, 9.17) is 23.2 Å². The topological polar surface area (TPSA) is 0 Å². The van der Waals surface area contributed by atoms with E-state index in [9.17, 15) is 0 Å². The van der Waals surface area contributed by atoms with Gasteiger partial charge in [-0.15, -0.1) is 0 Å². The van der Waals surface area contributed by atoms with Crippen molar-refractivity contribution in [2.45, 2.75) is 165 Å². The first-order valence-electron chi connectivity index (χ1n) is 21.4. The van der Waals surface area contributed by atoms with Crippen LogP contribution in [0.5, 0.6) is 0 Å². The van der Waals surface area contributed by atoms with Crippen LogP contribution in [0.2, 0.25) is 10.0 Å². The maximum absolute atomic E-state index is 7.38. The van der Waals surface area contributed by atoms with Crippen molar-refractivity contribution in [3.63, 3.8) is 0 Å². The highest BCUT2D eigenvalue weighted by Gasteiger charge is 2.24. The minimum absolute atomic E-state index is 0.717. The fourth-order valence-electron chi connectivity index (χ4n) is 9.55. The summed E-state index contributed by atoms with van der Waals surface area (Å²) in [5.74, 6) is 3.32. The van der Waals surface area contributed by atoms with E-state index in [1.807, 2.05) is 0 Å². The summed E-state index contributed by atoms with van der Waals surface area (Å²) >= 11 is 16.5. The monoisotopic (exact) mass is 766 g/mol. The fourth-order valence-corrected chi connectivity index (χ4v) is 11.2. The van der Waals surface area contributed by atoms with Crippen molar-refractivity contribution in [2.24, 2.45) is 11.8 Å². The Morgan fingerprint density at radius 2 is 0.849 bits per heavy atom. The Labute approximate surface area is 337 Å². The molecule has 284 valence electrons. The third-order valence-corrected chi connectivity index (χ3v) is 14.8. The molecular formula is C50H64Cl2S. The van der Waals surface area contributed by atoms with Crippen LogP contribution in [0, 0.1) is 11.8 Å². The quantitative estimate of drug-likeness (QED) is 0.109. The Bertz CT molecular complexity index is 1590. The average molecular weight is 768 g/mol. The molecule has 0 saturated heterocycles. The van der Waals surface area contributed by atoms with Gasteiger partial charge in [-0.25, -0.2) is 0 Å². The van der Waals surface area contributed by atoms with Gasteiger partial charge in [-0.1, -0.05) is 162 Å². The van der Waals surface area contributed by atoms with Gasteiger partial charge >= 0.3 is 0 Å². The lowest BCUT2D eigenvalue weighted by molar-refractivity contribution is 0.308. The second-order valence-corrected chi connectivity index (χ2v) is 18.3. The number of aryl methyl sites for hydroxylation is 2. The average Bonchev–Trinajstić information content (AvgIpc) is 3.18. The lowest BCUT2D eigenvalue weighted by Crippen LogP contribution is -2.13. The molecule has 0 amide bonds. The number of hydrogen-bond donors (Lipinski definition) is 0. The van der Waals surface area contributed by atoms with Crippen LogP contribution >= 0.6 is 35.0 Å². The summed E-state index contributed by atoms with van der Waals surface area (Å²) in [5.41, 5.74) is 11.0. The molecule has 53 heavy (non-hydrogen) atoms. The van der Waals surface area contributed by atoms with E-state index in [0.29, 0.717) is 11.8 Å². The summed E-state index contributed by atoms with van der Waals surface area (Å²) in [7, 11) is 0. The minimum Gasteiger partial charge on any atom is -0.0869 e. The third kappa shape index (κ3) is 10.6. The lowest BCUT2D eigenvalue weighted by Gasteiger charge is -2.28. The van der Waals surface area contributed by atoms with Crippen LogP contribution in [-0.2, 0) is 25.7 Å². The predicted octanol–water partition coefficient (Wildman–Crippen LogP) is 16.4. The third-order valence-electron chi connectivity index (χ3n) is 12.6. The van der Waals surface area contributed by atoms with Crippen LogP contribution < -0.4 is 0 Å². The molecule has 0 heterocycles. The summed E-state index contributed by atoms with van der Waals surface area (Å²) in [4.78, 5) is 2.19. The summed E-state index contributed by atoms with van der Waals surface area (Å²) in [5, 5.41) is 1.77. The molecule has 0 nitrogen and oxygen atoms in total. The van der Waals surface area contributed by atoms with Gasteiger partial charge in [0.1, 0.15) is 0 Å². The SMILES string of the molecule is CCCc1ccc(Sc2ccc(CCC)c(Cc3ccc([C@H]4CC[C@H](CCC)CC4)cc3)c2Cl)c(Cl)c1Cc1ccc([C@H]2CC[C@H](CCC)CC2)cc1. The maximum atomic E-state index is 7.38. The molecule has 6 rings (SSSR count). The number of rotatable bonds is 16. The molecule has 0 unspecified atom stereocenters. The van der Waals surface area contributed by atoms with E-state index < -0.39 is 0 Å². The molecule has 0 bridgehead atoms. The zero-order valence-corrected chi connectivity index (χ0v) is 35.5. The Hall–Kier alpha value is -2.19. The molecule has 2 aliphatic carbocycles. The van der Waals surface area contributed by atoms with Crippen molar-refractivity contribution in [1.82, 2.24) is 0 Å². The first-order valence-corrected chi connectivity index (χ1v) is 22.9. The standard InChI is InChI=1S/C50H64Cl2S/c1-5-9-35-13-21-39(22-14-35)41-25-17-37(18-26-41)33-45-43(11-7-3)29-31-47(49(45)51)53-48-32-30-44(12-8-4)46(50(48)52)34-38-19-27-42(28-20-38)40-23-15-36(10-6-2)16-24-40/h17-20,25-32,35-36,39-40H,5-16,21-24,33-34H2,1-4H3/t35-,36-,39-,40-. The van der Waals surface area contributed by atoms with E-state index in [1.165, 1.54) is 122 Å². The molecule has 0 radical (unpaired) electrons. The summed E-state index contributed by atoms with van der Waals surface area (Å²) in [6.07, 6.45) is 22.3. The van der Waals surface area contributed by atoms with Crippen molar-refractivity contribution in [3.8, 4) is 0 Å². The molecule has 4 aromatic rings. The number of benzene rings is 4. The second-order valence-electron chi connectivity index (χ2n) is 16.5. The second kappa shape index (κ2) is 20.1. The normalized spacial score (nSPS) is 20.5. The molecule has 2 fully saturated rings. The zero-order valence-electron chi connectivity index (χ0n) is 33.1. The Morgan fingerprint density at radius 1 is 0.472 bits per heavy atom. The van der Waals surface area contributed by atoms with Gasteiger partial charge in [0.15, 0.2) is 0 Å². The molecule has 2 aliphatic rings. The van der Waals surface area contributed by atoms with Gasteiger partial charge in [-0.3, -0.25) is 0 Å². The molecule has 3 heteroatoms. The molecule has 2 saturated carbocycles. The van der Waals surface area contributed by atoms with Crippen molar-refractivity contribution in [2.75, 3.05) is 0 Å². The van der Waals surface area contributed by atoms with Gasteiger partial charge in [-0.2, -0.15) is 0 Å². The van der Waals surface area contributed by atoms with Crippen molar-refractivity contribution in [1.29, 1.82) is 0 Å². The van der Waals surface area contributed by atoms with Gasteiger partial charge in [0.25, 0.3) is 0 Å². The molecule has 0 N–H and O–H groups in total. The van der Waals surface area contributed by atoms with Crippen LogP contribution in [0.25, 0.3) is 0 Å². The van der Waals surface area contributed by atoms with Crippen LogP contribution in [0.15, 0.2) is 82.6 Å². The summed E-state index contributed by atoms with van der Waals surface area (Å²) < 4.78 is 0. The van der Waals surface area contributed by atoms with Crippen LogP contribution in [0.1, 0.15) is 174 Å². The Kier molecular flexibility index (Phi) is 15.4. The van der Waals surface area contributed by atoms with Crippen LogP contribution in [0.3, 0.4) is 0 Å². The molecule has 0 atom stereocenters. The fraction of sp³-hybridized carbons (Fsp3) is 0.520. The molecule has 0 aliphatic heterocycles. The van der Waals surface area contributed by atoms with E-state index in [2.05, 4.69) is 100 Å². The van der Waals surface area contributed by atoms with Gasteiger partial charge in [0.05, 0.1) is 10.0 Å². The van der Waals surface area contributed by atoms with Gasteiger partial charge in [0.2, 0.25) is 0 Å². The lowest BCUT2D eigenvalue weighted by atomic mass is 9.77. The highest BCUT2D eigenvalue weighted by Crippen LogP contribution is 2.44.